The van der Waals surface area contributed by atoms with Gasteiger partial charge in [0.15, 0.2) is 0 Å². The number of hydrogen-bond acceptors (Lipinski definition) is 3. The average molecular weight is 216 g/mol. The van der Waals surface area contributed by atoms with E-state index < -0.39 is 24.0 Å². The Kier molecular flexibility index (Phi) is 3.90. The summed E-state index contributed by atoms with van der Waals surface area (Å²) in [6, 6.07) is -1.02. The molecular formula is C9H16N2O4. The molecular weight excluding hydrogens is 200 g/mol. The summed E-state index contributed by atoms with van der Waals surface area (Å²) >= 11 is 0. The number of urea groups is 1. The van der Waals surface area contributed by atoms with Crippen LogP contribution < -0.4 is 5.73 Å². The standard InChI is InChI=1S/C9H16N2O4/c1-2-3-11(9(10)14)7-5-15-4-6(7)8(12)13/h6-7H,2-5H2,1H3,(H2,10,14)(H,12,13). The molecule has 1 heterocycles. The second kappa shape index (κ2) is 4.97. The van der Waals surface area contributed by atoms with Gasteiger partial charge in [0, 0.05) is 6.54 Å². The molecule has 0 aliphatic carbocycles. The number of aliphatic carboxylic acids is 1. The van der Waals surface area contributed by atoms with Crippen molar-refractivity contribution < 1.29 is 19.4 Å². The van der Waals surface area contributed by atoms with Crippen molar-refractivity contribution in [2.75, 3.05) is 19.8 Å². The first-order chi connectivity index (χ1) is 7.07. The van der Waals surface area contributed by atoms with Gasteiger partial charge >= 0.3 is 12.0 Å². The lowest BCUT2D eigenvalue weighted by molar-refractivity contribution is -0.142. The molecule has 2 atom stereocenters. The molecule has 0 aromatic rings. The molecule has 0 spiro atoms. The predicted molar refractivity (Wildman–Crippen MR) is 52.3 cm³/mol. The fourth-order valence-electron chi connectivity index (χ4n) is 1.77. The average Bonchev–Trinajstić information content (AvgIpc) is 2.61. The molecule has 1 aliphatic heterocycles. The Labute approximate surface area is 88.0 Å². The zero-order valence-corrected chi connectivity index (χ0v) is 8.68. The van der Waals surface area contributed by atoms with Crippen LogP contribution in [0.15, 0.2) is 0 Å². The Bertz CT molecular complexity index is 256. The first-order valence-electron chi connectivity index (χ1n) is 4.94. The Hall–Kier alpha value is -1.30. The Morgan fingerprint density at radius 2 is 2.20 bits per heavy atom. The molecule has 0 saturated carbocycles. The van der Waals surface area contributed by atoms with E-state index in [1.165, 1.54) is 4.90 Å². The van der Waals surface area contributed by atoms with Crippen LogP contribution in [0.3, 0.4) is 0 Å². The molecule has 2 amide bonds. The van der Waals surface area contributed by atoms with Crippen molar-refractivity contribution in [3.05, 3.63) is 0 Å². The molecule has 0 aromatic heterocycles. The van der Waals surface area contributed by atoms with Crippen LogP contribution >= 0.6 is 0 Å². The van der Waals surface area contributed by atoms with Crippen LogP contribution in [0, 0.1) is 5.92 Å². The fraction of sp³-hybridized carbons (Fsp3) is 0.778. The summed E-state index contributed by atoms with van der Waals surface area (Å²) < 4.78 is 5.08. The summed E-state index contributed by atoms with van der Waals surface area (Å²) in [4.78, 5) is 23.4. The van der Waals surface area contributed by atoms with E-state index in [1.54, 1.807) is 0 Å². The minimum atomic E-state index is -0.945. The van der Waals surface area contributed by atoms with E-state index in [4.69, 9.17) is 15.6 Å². The van der Waals surface area contributed by atoms with Crippen molar-refractivity contribution in [3.63, 3.8) is 0 Å². The number of nitrogens with two attached hydrogens (primary N) is 1. The number of nitrogens with zero attached hydrogens (tertiary/aromatic N) is 1. The minimum absolute atomic E-state index is 0.146. The number of carbonyl (C=O) groups is 2. The van der Waals surface area contributed by atoms with Crippen molar-refractivity contribution in [3.8, 4) is 0 Å². The number of carbonyl (C=O) groups excluding carboxylic acids is 1. The number of ether oxygens (including phenoxy) is 1. The van der Waals surface area contributed by atoms with Gasteiger partial charge in [0.05, 0.1) is 19.3 Å². The monoisotopic (exact) mass is 216 g/mol. The van der Waals surface area contributed by atoms with Crippen LogP contribution in [0.1, 0.15) is 13.3 Å². The van der Waals surface area contributed by atoms with Crippen molar-refractivity contribution in [1.29, 1.82) is 0 Å². The Morgan fingerprint density at radius 3 is 2.67 bits per heavy atom. The highest BCUT2D eigenvalue weighted by molar-refractivity contribution is 5.76. The summed E-state index contributed by atoms with van der Waals surface area (Å²) in [6.45, 7) is 2.77. The van der Waals surface area contributed by atoms with Crippen LogP contribution in [-0.4, -0.2) is 47.8 Å². The van der Waals surface area contributed by atoms with E-state index in [0.29, 0.717) is 6.54 Å². The predicted octanol–water partition coefficient (Wildman–Crippen LogP) is -0.123. The van der Waals surface area contributed by atoms with E-state index in [2.05, 4.69) is 0 Å². The smallest absolute Gasteiger partial charge is 0.315 e. The number of hydrogen-bond donors (Lipinski definition) is 2. The first-order valence-corrected chi connectivity index (χ1v) is 4.94. The highest BCUT2D eigenvalue weighted by Crippen LogP contribution is 2.20. The lowest BCUT2D eigenvalue weighted by Gasteiger charge is -2.28. The lowest BCUT2D eigenvalue weighted by Crippen LogP contribution is -2.49. The quantitative estimate of drug-likeness (QED) is 0.685. The third-order valence-corrected chi connectivity index (χ3v) is 2.52. The minimum Gasteiger partial charge on any atom is -0.481 e. The van der Waals surface area contributed by atoms with Crippen LogP contribution in [-0.2, 0) is 9.53 Å². The summed E-state index contributed by atoms with van der Waals surface area (Å²) in [5.74, 6) is -1.61. The third kappa shape index (κ3) is 2.59. The van der Waals surface area contributed by atoms with Crippen LogP contribution in [0.2, 0.25) is 0 Å². The molecule has 2 unspecified atom stereocenters. The third-order valence-electron chi connectivity index (χ3n) is 2.52. The lowest BCUT2D eigenvalue weighted by atomic mass is 10.0. The van der Waals surface area contributed by atoms with Gasteiger partial charge in [-0.15, -0.1) is 0 Å². The second-order valence-corrected chi connectivity index (χ2v) is 3.58. The van der Waals surface area contributed by atoms with Crippen molar-refractivity contribution >= 4 is 12.0 Å². The Morgan fingerprint density at radius 1 is 1.53 bits per heavy atom. The molecule has 0 aromatic carbocycles. The van der Waals surface area contributed by atoms with Gasteiger partial charge in [-0.1, -0.05) is 6.92 Å². The maximum absolute atomic E-state index is 11.1. The normalized spacial score (nSPS) is 25.1. The Balaban J connectivity index is 2.73. The number of carboxylic acids is 1. The molecule has 1 aliphatic rings. The molecule has 6 heteroatoms. The topological polar surface area (TPSA) is 92.9 Å². The van der Waals surface area contributed by atoms with Gasteiger partial charge < -0.3 is 20.5 Å². The van der Waals surface area contributed by atoms with E-state index in [-0.39, 0.29) is 13.2 Å². The number of carboxylic acid groups (broad SMARTS) is 1. The zero-order chi connectivity index (χ0) is 11.4. The van der Waals surface area contributed by atoms with Crippen molar-refractivity contribution in [1.82, 2.24) is 4.90 Å². The molecule has 1 fully saturated rings. The number of primary amides is 1. The summed E-state index contributed by atoms with van der Waals surface area (Å²) in [5.41, 5.74) is 5.20. The largest absolute Gasteiger partial charge is 0.481 e. The maximum Gasteiger partial charge on any atom is 0.315 e. The van der Waals surface area contributed by atoms with Crippen molar-refractivity contribution in [2.24, 2.45) is 11.7 Å². The van der Waals surface area contributed by atoms with E-state index in [0.717, 1.165) is 6.42 Å². The summed E-state index contributed by atoms with van der Waals surface area (Å²) in [6.07, 6.45) is 0.742. The van der Waals surface area contributed by atoms with Crippen molar-refractivity contribution in [2.45, 2.75) is 19.4 Å². The first kappa shape index (κ1) is 11.8. The SMILES string of the molecule is CCCN(C(N)=O)C1COCC1C(=O)O. The second-order valence-electron chi connectivity index (χ2n) is 3.58. The van der Waals surface area contributed by atoms with Gasteiger partial charge in [0.2, 0.25) is 0 Å². The van der Waals surface area contributed by atoms with Gasteiger partial charge in [0.1, 0.15) is 5.92 Å². The van der Waals surface area contributed by atoms with Gasteiger partial charge in [-0.3, -0.25) is 4.79 Å². The molecule has 1 saturated heterocycles. The number of amides is 2. The zero-order valence-electron chi connectivity index (χ0n) is 8.68. The number of rotatable bonds is 4. The highest BCUT2D eigenvalue weighted by atomic mass is 16.5. The summed E-state index contributed by atoms with van der Waals surface area (Å²) in [7, 11) is 0. The molecule has 6 nitrogen and oxygen atoms in total. The molecule has 0 bridgehead atoms. The van der Waals surface area contributed by atoms with Crippen LogP contribution in [0.5, 0.6) is 0 Å². The molecule has 15 heavy (non-hydrogen) atoms. The van der Waals surface area contributed by atoms with Crippen LogP contribution in [0.4, 0.5) is 4.79 Å². The van der Waals surface area contributed by atoms with E-state index in [9.17, 15) is 9.59 Å². The molecule has 1 rings (SSSR count). The highest BCUT2D eigenvalue weighted by Gasteiger charge is 2.39. The molecule has 3 N–H and O–H groups in total. The van der Waals surface area contributed by atoms with Gasteiger partial charge in [0.25, 0.3) is 0 Å². The van der Waals surface area contributed by atoms with Gasteiger partial charge in [-0.05, 0) is 6.42 Å². The fourth-order valence-corrected chi connectivity index (χ4v) is 1.77. The maximum atomic E-state index is 11.1. The molecule has 86 valence electrons. The van der Waals surface area contributed by atoms with Gasteiger partial charge in [-0.25, -0.2) is 4.79 Å². The van der Waals surface area contributed by atoms with E-state index >= 15 is 0 Å². The summed E-state index contributed by atoms with van der Waals surface area (Å²) in [5, 5.41) is 8.92. The molecule has 0 radical (unpaired) electrons. The van der Waals surface area contributed by atoms with Crippen LogP contribution in [0.25, 0.3) is 0 Å². The van der Waals surface area contributed by atoms with Gasteiger partial charge in [-0.2, -0.15) is 0 Å². The van der Waals surface area contributed by atoms with E-state index in [1.807, 2.05) is 6.92 Å².